The Hall–Kier alpha value is -0.480. The fourth-order valence-corrected chi connectivity index (χ4v) is 1.62. The maximum Gasteiger partial charge on any atom is 0.0720 e. The number of rotatable bonds is 5. The van der Waals surface area contributed by atoms with E-state index >= 15 is 0 Å². The van der Waals surface area contributed by atoms with Crippen molar-refractivity contribution in [1.29, 1.82) is 0 Å². The Morgan fingerprint density at radius 3 is 3.18 bits per heavy atom. The Kier molecular flexibility index (Phi) is 4.08. The van der Waals surface area contributed by atoms with Crippen molar-refractivity contribution in [2.24, 2.45) is 5.73 Å². The second-order valence-corrected chi connectivity index (χ2v) is 3.37. The predicted molar refractivity (Wildman–Crippen MR) is 48.4 cm³/mol. The van der Waals surface area contributed by atoms with Gasteiger partial charge in [-0.15, -0.1) is 0 Å². The van der Waals surface area contributed by atoms with Crippen molar-refractivity contribution in [1.82, 2.24) is 10.2 Å². The molecule has 0 atom stereocenters. The van der Waals surface area contributed by atoms with Crippen LogP contribution in [0.15, 0.2) is 12.3 Å². The van der Waals surface area contributed by atoms with E-state index in [2.05, 4.69) is 10.2 Å². The van der Waals surface area contributed by atoms with Gasteiger partial charge in [-0.2, -0.15) is 16.9 Å². The molecule has 1 aromatic heterocycles. The summed E-state index contributed by atoms with van der Waals surface area (Å²) < 4.78 is 0. The Morgan fingerprint density at radius 1 is 1.64 bits per heavy atom. The van der Waals surface area contributed by atoms with Gasteiger partial charge in [0.15, 0.2) is 0 Å². The van der Waals surface area contributed by atoms with Gasteiger partial charge >= 0.3 is 0 Å². The van der Waals surface area contributed by atoms with Crippen LogP contribution in [0.5, 0.6) is 0 Å². The summed E-state index contributed by atoms with van der Waals surface area (Å²) in [4.78, 5) is 0. The lowest BCUT2D eigenvalue weighted by molar-refractivity contribution is 0.941. The van der Waals surface area contributed by atoms with Crippen molar-refractivity contribution in [2.75, 3.05) is 12.3 Å². The lowest BCUT2D eigenvalue weighted by Crippen LogP contribution is -1.99. The zero-order valence-corrected chi connectivity index (χ0v) is 7.23. The average molecular weight is 171 g/mol. The van der Waals surface area contributed by atoms with Crippen molar-refractivity contribution in [2.45, 2.75) is 12.2 Å². The van der Waals surface area contributed by atoms with Crippen molar-refractivity contribution in [3.05, 3.63) is 18.0 Å². The highest BCUT2D eigenvalue weighted by molar-refractivity contribution is 7.98. The van der Waals surface area contributed by atoms with Crippen molar-refractivity contribution < 1.29 is 0 Å². The summed E-state index contributed by atoms with van der Waals surface area (Å²) in [5, 5.41) is 6.82. The fourth-order valence-electron chi connectivity index (χ4n) is 0.733. The largest absolute Gasteiger partial charge is 0.330 e. The topological polar surface area (TPSA) is 54.7 Å². The normalized spacial score (nSPS) is 10.3. The minimum Gasteiger partial charge on any atom is -0.330 e. The van der Waals surface area contributed by atoms with Gasteiger partial charge < -0.3 is 5.73 Å². The maximum atomic E-state index is 5.35. The number of aromatic nitrogens is 2. The molecule has 0 radical (unpaired) electrons. The van der Waals surface area contributed by atoms with E-state index in [4.69, 9.17) is 5.73 Å². The molecule has 1 heterocycles. The third kappa shape index (κ3) is 3.43. The summed E-state index contributed by atoms with van der Waals surface area (Å²) in [6, 6.07) is 2.00. The van der Waals surface area contributed by atoms with Crippen LogP contribution >= 0.6 is 11.8 Å². The molecule has 4 heteroatoms. The SMILES string of the molecule is NCCCSCc1cc[nH]n1. The molecular formula is C7H13N3S. The van der Waals surface area contributed by atoms with Crippen LogP contribution in [0.1, 0.15) is 12.1 Å². The number of nitrogens with two attached hydrogens (primary N) is 1. The average Bonchev–Trinajstić information content (AvgIpc) is 2.50. The minimum absolute atomic E-state index is 0.785. The van der Waals surface area contributed by atoms with Gasteiger partial charge in [-0.3, -0.25) is 5.10 Å². The van der Waals surface area contributed by atoms with E-state index in [1.165, 1.54) is 0 Å². The third-order valence-electron chi connectivity index (χ3n) is 1.30. The highest BCUT2D eigenvalue weighted by Crippen LogP contribution is 2.09. The number of aromatic amines is 1. The number of thioether (sulfide) groups is 1. The number of nitrogens with zero attached hydrogens (tertiary/aromatic N) is 1. The van der Waals surface area contributed by atoms with E-state index in [9.17, 15) is 0 Å². The molecule has 0 aliphatic rings. The molecule has 0 fully saturated rings. The van der Waals surface area contributed by atoms with Gasteiger partial charge in [0.25, 0.3) is 0 Å². The number of H-pyrrole nitrogens is 1. The number of hydrogen-bond acceptors (Lipinski definition) is 3. The Bertz CT molecular complexity index is 174. The first-order valence-corrected chi connectivity index (χ1v) is 4.85. The highest BCUT2D eigenvalue weighted by atomic mass is 32.2. The molecule has 62 valence electrons. The fraction of sp³-hybridized carbons (Fsp3) is 0.571. The zero-order valence-electron chi connectivity index (χ0n) is 6.42. The first-order chi connectivity index (χ1) is 5.43. The minimum atomic E-state index is 0.785. The standard InChI is InChI=1S/C7H13N3S/c8-3-1-5-11-6-7-2-4-9-10-7/h2,4H,1,3,5-6,8H2,(H,9,10). The molecule has 0 aromatic carbocycles. The smallest absolute Gasteiger partial charge is 0.0720 e. The zero-order chi connectivity index (χ0) is 7.94. The molecule has 3 nitrogen and oxygen atoms in total. The highest BCUT2D eigenvalue weighted by Gasteiger charge is 1.93. The van der Waals surface area contributed by atoms with E-state index in [0.717, 1.165) is 30.2 Å². The first kappa shape index (κ1) is 8.62. The van der Waals surface area contributed by atoms with Crippen molar-refractivity contribution >= 4 is 11.8 Å². The molecule has 0 unspecified atom stereocenters. The Morgan fingerprint density at radius 2 is 2.55 bits per heavy atom. The molecule has 0 saturated carbocycles. The van der Waals surface area contributed by atoms with Gasteiger partial charge in [0.1, 0.15) is 0 Å². The van der Waals surface area contributed by atoms with Gasteiger partial charge in [0.2, 0.25) is 0 Å². The summed E-state index contributed by atoms with van der Waals surface area (Å²) in [6.45, 7) is 0.785. The van der Waals surface area contributed by atoms with E-state index < -0.39 is 0 Å². The molecule has 0 spiro atoms. The van der Waals surface area contributed by atoms with E-state index in [-0.39, 0.29) is 0 Å². The number of nitrogens with one attached hydrogen (secondary N) is 1. The van der Waals surface area contributed by atoms with Crippen LogP contribution in [0.25, 0.3) is 0 Å². The van der Waals surface area contributed by atoms with E-state index in [1.807, 2.05) is 24.0 Å². The van der Waals surface area contributed by atoms with Crippen LogP contribution in [0.4, 0.5) is 0 Å². The van der Waals surface area contributed by atoms with Gasteiger partial charge in [-0.1, -0.05) is 0 Å². The second-order valence-electron chi connectivity index (χ2n) is 2.26. The lowest BCUT2D eigenvalue weighted by atomic mass is 10.5. The van der Waals surface area contributed by atoms with Gasteiger partial charge in [0.05, 0.1) is 5.69 Å². The van der Waals surface area contributed by atoms with Gasteiger partial charge in [0, 0.05) is 11.9 Å². The van der Waals surface area contributed by atoms with Crippen LogP contribution in [-0.4, -0.2) is 22.5 Å². The second kappa shape index (κ2) is 5.21. The van der Waals surface area contributed by atoms with Crippen LogP contribution in [0, 0.1) is 0 Å². The molecule has 0 aliphatic carbocycles. The van der Waals surface area contributed by atoms with Crippen molar-refractivity contribution in [3.63, 3.8) is 0 Å². The first-order valence-electron chi connectivity index (χ1n) is 3.70. The predicted octanol–water partition coefficient (Wildman–Crippen LogP) is 0.992. The van der Waals surface area contributed by atoms with E-state index in [1.54, 1.807) is 0 Å². The van der Waals surface area contributed by atoms with Gasteiger partial charge in [-0.25, -0.2) is 0 Å². The summed E-state index contributed by atoms with van der Waals surface area (Å²) in [5.74, 6) is 2.12. The quantitative estimate of drug-likeness (QED) is 0.650. The van der Waals surface area contributed by atoms with E-state index in [0.29, 0.717) is 0 Å². The molecule has 3 N–H and O–H groups in total. The molecule has 1 aromatic rings. The lowest BCUT2D eigenvalue weighted by Gasteiger charge is -1.95. The summed E-state index contributed by atoms with van der Waals surface area (Å²) in [6.07, 6.45) is 2.94. The molecule has 0 aliphatic heterocycles. The molecule has 1 rings (SSSR count). The summed E-state index contributed by atoms with van der Waals surface area (Å²) >= 11 is 1.87. The molecule has 11 heavy (non-hydrogen) atoms. The molecule has 0 amide bonds. The Labute approximate surface area is 70.8 Å². The summed E-state index contributed by atoms with van der Waals surface area (Å²) in [5.41, 5.74) is 6.47. The Balaban J connectivity index is 2.04. The number of hydrogen-bond donors (Lipinski definition) is 2. The molecular weight excluding hydrogens is 158 g/mol. The van der Waals surface area contributed by atoms with Crippen molar-refractivity contribution in [3.8, 4) is 0 Å². The van der Waals surface area contributed by atoms with Gasteiger partial charge in [-0.05, 0) is 24.8 Å². The van der Waals surface area contributed by atoms with Crippen LogP contribution in [-0.2, 0) is 5.75 Å². The molecule has 0 bridgehead atoms. The monoisotopic (exact) mass is 171 g/mol. The maximum absolute atomic E-state index is 5.35. The van der Waals surface area contributed by atoms with Crippen LogP contribution in [0.2, 0.25) is 0 Å². The van der Waals surface area contributed by atoms with Crippen LogP contribution in [0.3, 0.4) is 0 Å². The summed E-state index contributed by atoms with van der Waals surface area (Å²) in [7, 11) is 0. The molecule has 0 saturated heterocycles. The third-order valence-corrected chi connectivity index (χ3v) is 2.38. The van der Waals surface area contributed by atoms with Crippen LogP contribution < -0.4 is 5.73 Å².